The first-order valence-electron chi connectivity index (χ1n) is 8.93. The Bertz CT molecular complexity index is 1210. The smallest absolute Gasteiger partial charge is 0.281 e. The van der Waals surface area contributed by atoms with Gasteiger partial charge in [0.05, 0.1) is 19.0 Å². The Kier molecular flexibility index (Phi) is 6.50. The maximum absolute atomic E-state index is 13.2. The van der Waals surface area contributed by atoms with Gasteiger partial charge in [-0.2, -0.15) is 5.10 Å². The number of halogens is 2. The molecule has 0 saturated heterocycles. The molecular weight excluding hydrogens is 461 g/mol. The van der Waals surface area contributed by atoms with Gasteiger partial charge >= 0.3 is 0 Å². The van der Waals surface area contributed by atoms with Gasteiger partial charge in [0.15, 0.2) is 15.8 Å². The molecule has 158 valence electrons. The predicted molar refractivity (Wildman–Crippen MR) is 119 cm³/mol. The third-order valence-electron chi connectivity index (χ3n) is 4.09. The van der Waals surface area contributed by atoms with Crippen LogP contribution < -0.4 is 10.1 Å². The molecule has 0 aliphatic carbocycles. The second-order valence-corrected chi connectivity index (χ2v) is 8.85. The van der Waals surface area contributed by atoms with E-state index in [4.69, 9.17) is 16.3 Å². The van der Waals surface area contributed by atoms with Crippen molar-refractivity contribution in [1.82, 2.24) is 20.0 Å². The maximum atomic E-state index is 13.2. The summed E-state index contributed by atoms with van der Waals surface area (Å²) in [5.41, 5.74) is 1.74. The zero-order valence-electron chi connectivity index (χ0n) is 16.1. The van der Waals surface area contributed by atoms with Crippen LogP contribution in [0.3, 0.4) is 0 Å². The van der Waals surface area contributed by atoms with Crippen LogP contribution in [0.4, 0.5) is 9.52 Å². The van der Waals surface area contributed by atoms with Crippen LogP contribution in [-0.4, -0.2) is 33.0 Å². The lowest BCUT2D eigenvalue weighted by molar-refractivity contribution is 0.101. The van der Waals surface area contributed by atoms with Gasteiger partial charge in [0.1, 0.15) is 5.82 Å². The molecule has 0 atom stereocenters. The summed E-state index contributed by atoms with van der Waals surface area (Å²) in [4.78, 5) is 12.7. The Balaban J connectivity index is 1.44. The van der Waals surface area contributed by atoms with Crippen LogP contribution in [0.25, 0.3) is 5.69 Å². The second-order valence-electron chi connectivity index (χ2n) is 6.21. The van der Waals surface area contributed by atoms with Crippen LogP contribution in [0, 0.1) is 5.82 Å². The average molecular weight is 476 g/mol. The maximum Gasteiger partial charge on any atom is 0.281 e. The molecule has 1 amide bonds. The number of aromatic nitrogens is 4. The third-order valence-corrected chi connectivity index (χ3v) is 6.36. The second kappa shape index (κ2) is 9.46. The fourth-order valence-corrected chi connectivity index (χ4v) is 4.54. The number of hydrogen-bond acceptors (Lipinski definition) is 7. The van der Waals surface area contributed by atoms with Crippen LogP contribution >= 0.6 is 34.7 Å². The van der Waals surface area contributed by atoms with Crippen molar-refractivity contribution >= 4 is 45.7 Å². The standard InChI is InChI=1S/C20H15ClFN5O2S2/c1-29-16-10-27(15-7-5-14(22)6-8-15)26-17(16)18(28)23-19-24-25-20(31-19)30-11-12-3-2-4-13(21)9-12/h2-10H,11H2,1H3,(H,23,24,28). The quantitative estimate of drug-likeness (QED) is 0.297. The normalized spacial score (nSPS) is 10.8. The van der Waals surface area contributed by atoms with E-state index >= 15 is 0 Å². The Labute approximate surface area is 190 Å². The van der Waals surface area contributed by atoms with Gasteiger partial charge in [-0.05, 0) is 42.0 Å². The highest BCUT2D eigenvalue weighted by molar-refractivity contribution is 8.00. The molecular formula is C20H15ClFN5O2S2. The Morgan fingerprint density at radius 3 is 2.81 bits per heavy atom. The van der Waals surface area contributed by atoms with Crippen molar-refractivity contribution in [3.63, 3.8) is 0 Å². The van der Waals surface area contributed by atoms with Gasteiger partial charge in [-0.15, -0.1) is 10.2 Å². The highest BCUT2D eigenvalue weighted by Gasteiger charge is 2.20. The van der Waals surface area contributed by atoms with Gasteiger partial charge in [0, 0.05) is 10.8 Å². The minimum absolute atomic E-state index is 0.0788. The SMILES string of the molecule is COc1cn(-c2ccc(F)cc2)nc1C(=O)Nc1nnc(SCc2cccc(Cl)c2)s1. The lowest BCUT2D eigenvalue weighted by Gasteiger charge is -2.01. The summed E-state index contributed by atoms with van der Waals surface area (Å²) in [6.45, 7) is 0. The Hall–Kier alpha value is -2.95. The number of rotatable bonds is 7. The highest BCUT2D eigenvalue weighted by Crippen LogP contribution is 2.29. The number of carbonyl (C=O) groups excluding carboxylic acids is 1. The molecule has 0 aliphatic heterocycles. The third kappa shape index (κ3) is 5.22. The van der Waals surface area contributed by atoms with Crippen molar-refractivity contribution < 1.29 is 13.9 Å². The van der Waals surface area contributed by atoms with Crippen molar-refractivity contribution in [2.24, 2.45) is 0 Å². The lowest BCUT2D eigenvalue weighted by Crippen LogP contribution is -2.14. The molecule has 1 N–H and O–H groups in total. The van der Waals surface area contributed by atoms with Crippen LogP contribution in [0.5, 0.6) is 5.75 Å². The minimum atomic E-state index is -0.486. The van der Waals surface area contributed by atoms with Crippen LogP contribution in [0.1, 0.15) is 16.1 Å². The number of benzene rings is 2. The van der Waals surface area contributed by atoms with Crippen molar-refractivity contribution in [3.8, 4) is 11.4 Å². The molecule has 4 aromatic rings. The number of thioether (sulfide) groups is 1. The molecule has 7 nitrogen and oxygen atoms in total. The van der Waals surface area contributed by atoms with E-state index in [2.05, 4.69) is 20.6 Å². The van der Waals surface area contributed by atoms with E-state index in [0.29, 0.717) is 25.9 Å². The summed E-state index contributed by atoms with van der Waals surface area (Å²) >= 11 is 8.75. The van der Waals surface area contributed by atoms with Gasteiger partial charge < -0.3 is 4.74 Å². The van der Waals surface area contributed by atoms with Crippen molar-refractivity contribution in [2.75, 3.05) is 12.4 Å². The summed E-state index contributed by atoms with van der Waals surface area (Å²) in [7, 11) is 1.44. The monoisotopic (exact) mass is 475 g/mol. The van der Waals surface area contributed by atoms with Gasteiger partial charge in [-0.3, -0.25) is 10.1 Å². The first-order chi connectivity index (χ1) is 15.0. The number of carbonyl (C=O) groups is 1. The molecule has 0 saturated carbocycles. The molecule has 2 heterocycles. The van der Waals surface area contributed by atoms with Gasteiger partial charge in [-0.1, -0.05) is 46.8 Å². The van der Waals surface area contributed by atoms with E-state index in [1.165, 1.54) is 47.0 Å². The van der Waals surface area contributed by atoms with Crippen molar-refractivity contribution in [1.29, 1.82) is 0 Å². The van der Waals surface area contributed by atoms with Gasteiger partial charge in [-0.25, -0.2) is 9.07 Å². The van der Waals surface area contributed by atoms with E-state index in [0.717, 1.165) is 5.56 Å². The zero-order valence-corrected chi connectivity index (χ0v) is 18.5. The molecule has 2 aromatic heterocycles. The molecule has 31 heavy (non-hydrogen) atoms. The average Bonchev–Trinajstić information content (AvgIpc) is 3.40. The Morgan fingerprint density at radius 1 is 1.26 bits per heavy atom. The molecule has 0 aliphatic rings. The molecule has 0 fully saturated rings. The molecule has 11 heteroatoms. The first-order valence-corrected chi connectivity index (χ1v) is 11.1. The van der Waals surface area contributed by atoms with Crippen molar-refractivity contribution in [2.45, 2.75) is 10.1 Å². The predicted octanol–water partition coefficient (Wildman–Crippen LogP) is 5.07. The summed E-state index contributed by atoms with van der Waals surface area (Å²) in [5.74, 6) is 0.113. The van der Waals surface area contributed by atoms with Crippen LogP contribution in [-0.2, 0) is 5.75 Å². The molecule has 0 unspecified atom stereocenters. The van der Waals surface area contributed by atoms with Gasteiger partial charge in [0.2, 0.25) is 5.13 Å². The van der Waals surface area contributed by atoms with E-state index in [9.17, 15) is 9.18 Å². The Morgan fingerprint density at radius 2 is 2.06 bits per heavy atom. The van der Waals surface area contributed by atoms with Gasteiger partial charge in [0.25, 0.3) is 5.91 Å². The van der Waals surface area contributed by atoms with Crippen molar-refractivity contribution in [3.05, 3.63) is 76.8 Å². The number of ether oxygens (including phenoxy) is 1. The molecule has 4 rings (SSSR count). The lowest BCUT2D eigenvalue weighted by atomic mass is 10.2. The molecule has 0 radical (unpaired) electrons. The number of anilines is 1. The summed E-state index contributed by atoms with van der Waals surface area (Å²) in [5, 5.41) is 16.1. The zero-order chi connectivity index (χ0) is 21.8. The summed E-state index contributed by atoms with van der Waals surface area (Å²) in [6.07, 6.45) is 1.55. The fraction of sp³-hybridized carbons (Fsp3) is 0.100. The topological polar surface area (TPSA) is 81.9 Å². The first kappa shape index (κ1) is 21.3. The van der Waals surface area contributed by atoms with Crippen LogP contribution in [0.15, 0.2) is 59.1 Å². The van der Waals surface area contributed by atoms with E-state index < -0.39 is 5.91 Å². The van der Waals surface area contributed by atoms with E-state index in [1.807, 2.05) is 24.3 Å². The summed E-state index contributed by atoms with van der Waals surface area (Å²) < 4.78 is 20.6. The number of nitrogens with zero attached hydrogens (tertiary/aromatic N) is 4. The summed E-state index contributed by atoms with van der Waals surface area (Å²) in [6, 6.07) is 13.3. The van der Waals surface area contributed by atoms with Crippen LogP contribution in [0.2, 0.25) is 5.02 Å². The molecule has 2 aromatic carbocycles. The number of methoxy groups -OCH3 is 1. The highest BCUT2D eigenvalue weighted by atomic mass is 35.5. The van der Waals surface area contributed by atoms with E-state index in [-0.39, 0.29) is 17.3 Å². The minimum Gasteiger partial charge on any atom is -0.493 e. The number of nitrogens with one attached hydrogen (secondary N) is 1. The molecule has 0 bridgehead atoms. The largest absolute Gasteiger partial charge is 0.493 e. The fourth-order valence-electron chi connectivity index (χ4n) is 2.64. The number of amides is 1. The molecule has 0 spiro atoms. The number of hydrogen-bond donors (Lipinski definition) is 1. The van der Waals surface area contributed by atoms with E-state index in [1.54, 1.807) is 18.3 Å².